The molecule has 0 bridgehead atoms. The first-order valence-electron chi connectivity index (χ1n) is 7.60. The van der Waals surface area contributed by atoms with Crippen LogP contribution >= 0.6 is 11.8 Å². The third kappa shape index (κ3) is 2.77. The molecule has 1 amide bonds. The highest BCUT2D eigenvalue weighted by Crippen LogP contribution is 2.29. The van der Waals surface area contributed by atoms with Crippen molar-refractivity contribution in [3.05, 3.63) is 41.2 Å². The number of fused-ring (bicyclic) bond motifs is 3. The van der Waals surface area contributed by atoms with Crippen molar-refractivity contribution in [1.29, 1.82) is 0 Å². The van der Waals surface area contributed by atoms with Crippen LogP contribution in [0.3, 0.4) is 0 Å². The zero-order valence-corrected chi connectivity index (χ0v) is 13.8. The lowest BCUT2D eigenvalue weighted by Gasteiger charge is -2.27. The van der Waals surface area contributed by atoms with Gasteiger partial charge >= 0.3 is 0 Å². The summed E-state index contributed by atoms with van der Waals surface area (Å²) in [5, 5.41) is 8.86. The molecule has 6 nitrogen and oxygen atoms in total. The van der Waals surface area contributed by atoms with Crippen LogP contribution in [0, 0.1) is 12.7 Å². The predicted octanol–water partition coefficient (Wildman–Crippen LogP) is 2.68. The van der Waals surface area contributed by atoms with Crippen LogP contribution in [0.1, 0.15) is 17.1 Å². The average Bonchev–Trinajstić information content (AvgIpc) is 3.15. The van der Waals surface area contributed by atoms with Gasteiger partial charge in [-0.15, -0.1) is 10.2 Å². The number of aryl methyl sites for hydroxylation is 1. The molecule has 1 aromatic carbocycles. The van der Waals surface area contributed by atoms with Gasteiger partial charge < -0.3 is 14.3 Å². The lowest BCUT2D eigenvalue weighted by atomic mass is 10.0. The summed E-state index contributed by atoms with van der Waals surface area (Å²) in [5.41, 5.74) is 2.99. The SMILES string of the molecule is Cc1nnc(SCC(=O)N2CCc3[nH]c4ccc(F)cc4c3C2)o1. The molecule has 4 rings (SSSR count). The van der Waals surface area contributed by atoms with E-state index in [1.165, 1.54) is 23.9 Å². The van der Waals surface area contributed by atoms with Crippen molar-refractivity contribution in [2.24, 2.45) is 0 Å². The minimum Gasteiger partial charge on any atom is -0.416 e. The van der Waals surface area contributed by atoms with Gasteiger partial charge in [-0.05, 0) is 18.2 Å². The van der Waals surface area contributed by atoms with Gasteiger partial charge in [0.05, 0.1) is 5.75 Å². The Labute approximate surface area is 141 Å². The molecule has 24 heavy (non-hydrogen) atoms. The van der Waals surface area contributed by atoms with Crippen LogP contribution in [0.25, 0.3) is 10.9 Å². The maximum absolute atomic E-state index is 13.5. The third-order valence-corrected chi connectivity index (χ3v) is 4.92. The number of hydrogen-bond donors (Lipinski definition) is 1. The average molecular weight is 346 g/mol. The van der Waals surface area contributed by atoms with Gasteiger partial charge in [0.15, 0.2) is 0 Å². The number of carbonyl (C=O) groups is 1. The molecule has 0 saturated heterocycles. The fourth-order valence-electron chi connectivity index (χ4n) is 2.95. The van der Waals surface area contributed by atoms with E-state index in [0.717, 1.165) is 28.6 Å². The number of halogens is 1. The van der Waals surface area contributed by atoms with Gasteiger partial charge in [0, 0.05) is 48.6 Å². The molecular weight excluding hydrogens is 331 g/mol. The van der Waals surface area contributed by atoms with E-state index in [1.807, 2.05) is 0 Å². The molecule has 0 spiro atoms. The lowest BCUT2D eigenvalue weighted by Crippen LogP contribution is -2.36. The molecule has 3 aromatic rings. The smallest absolute Gasteiger partial charge is 0.277 e. The van der Waals surface area contributed by atoms with E-state index in [-0.39, 0.29) is 17.5 Å². The summed E-state index contributed by atoms with van der Waals surface area (Å²) in [7, 11) is 0. The van der Waals surface area contributed by atoms with Crippen molar-refractivity contribution in [2.45, 2.75) is 25.1 Å². The number of rotatable bonds is 3. The Morgan fingerprint density at radius 1 is 1.46 bits per heavy atom. The van der Waals surface area contributed by atoms with Crippen molar-refractivity contribution >= 4 is 28.6 Å². The Bertz CT molecular complexity index is 920. The Hall–Kier alpha value is -2.35. The normalized spacial score (nSPS) is 14.2. The highest BCUT2D eigenvalue weighted by atomic mass is 32.2. The molecule has 0 fully saturated rings. The van der Waals surface area contributed by atoms with Crippen LogP contribution in [0.15, 0.2) is 27.8 Å². The minimum atomic E-state index is -0.268. The van der Waals surface area contributed by atoms with Gasteiger partial charge in [0.25, 0.3) is 5.22 Å². The molecule has 1 aliphatic heterocycles. The van der Waals surface area contributed by atoms with Crippen LogP contribution in [-0.4, -0.2) is 38.3 Å². The van der Waals surface area contributed by atoms with Crippen molar-refractivity contribution < 1.29 is 13.6 Å². The predicted molar refractivity (Wildman–Crippen MR) is 87.1 cm³/mol. The first-order valence-corrected chi connectivity index (χ1v) is 8.58. The van der Waals surface area contributed by atoms with Crippen LogP contribution in [0.4, 0.5) is 4.39 Å². The number of aromatic nitrogens is 3. The van der Waals surface area contributed by atoms with Crippen molar-refractivity contribution in [1.82, 2.24) is 20.1 Å². The molecule has 8 heteroatoms. The van der Waals surface area contributed by atoms with E-state index in [1.54, 1.807) is 17.9 Å². The minimum absolute atomic E-state index is 0.00672. The molecule has 1 N–H and O–H groups in total. The van der Waals surface area contributed by atoms with Crippen LogP contribution in [0.5, 0.6) is 0 Å². The molecule has 3 heterocycles. The summed E-state index contributed by atoms with van der Waals surface area (Å²) in [6.07, 6.45) is 0.738. The maximum Gasteiger partial charge on any atom is 0.277 e. The van der Waals surface area contributed by atoms with Crippen molar-refractivity contribution in [2.75, 3.05) is 12.3 Å². The molecule has 1 aliphatic rings. The Morgan fingerprint density at radius 3 is 3.12 bits per heavy atom. The monoisotopic (exact) mass is 346 g/mol. The van der Waals surface area contributed by atoms with Crippen molar-refractivity contribution in [3.8, 4) is 0 Å². The summed E-state index contributed by atoms with van der Waals surface area (Å²) >= 11 is 1.23. The molecule has 0 radical (unpaired) electrons. The first-order chi connectivity index (χ1) is 11.6. The van der Waals surface area contributed by atoms with Crippen LogP contribution in [-0.2, 0) is 17.8 Å². The second-order valence-electron chi connectivity index (χ2n) is 5.71. The van der Waals surface area contributed by atoms with Gasteiger partial charge in [0.2, 0.25) is 11.8 Å². The molecule has 124 valence electrons. The zero-order valence-electron chi connectivity index (χ0n) is 13.0. The maximum atomic E-state index is 13.5. The van der Waals surface area contributed by atoms with E-state index in [2.05, 4.69) is 15.2 Å². The summed E-state index contributed by atoms with van der Waals surface area (Å²) < 4.78 is 18.8. The van der Waals surface area contributed by atoms with E-state index < -0.39 is 0 Å². The topological polar surface area (TPSA) is 75.0 Å². The summed E-state index contributed by atoms with van der Waals surface area (Å²) in [4.78, 5) is 17.6. The largest absolute Gasteiger partial charge is 0.416 e. The summed E-state index contributed by atoms with van der Waals surface area (Å²) in [5.74, 6) is 0.462. The van der Waals surface area contributed by atoms with E-state index in [9.17, 15) is 9.18 Å². The highest BCUT2D eigenvalue weighted by molar-refractivity contribution is 7.99. The van der Waals surface area contributed by atoms with Gasteiger partial charge in [-0.1, -0.05) is 11.8 Å². The number of nitrogens with one attached hydrogen (secondary N) is 1. The number of hydrogen-bond acceptors (Lipinski definition) is 5. The fraction of sp³-hybridized carbons (Fsp3) is 0.312. The Balaban J connectivity index is 1.49. The quantitative estimate of drug-likeness (QED) is 0.738. The summed E-state index contributed by atoms with van der Waals surface area (Å²) in [6.45, 7) is 2.84. The third-order valence-electron chi connectivity index (χ3n) is 4.12. The second kappa shape index (κ2) is 5.94. The fourth-order valence-corrected chi connectivity index (χ4v) is 3.66. The molecule has 2 aromatic heterocycles. The number of thioether (sulfide) groups is 1. The Kier molecular flexibility index (Phi) is 3.76. The summed E-state index contributed by atoms with van der Waals surface area (Å²) in [6, 6.07) is 4.70. The van der Waals surface area contributed by atoms with Crippen LogP contribution < -0.4 is 0 Å². The second-order valence-corrected chi connectivity index (χ2v) is 6.64. The van der Waals surface area contributed by atoms with Gasteiger partial charge in [-0.25, -0.2) is 4.39 Å². The van der Waals surface area contributed by atoms with Gasteiger partial charge in [0.1, 0.15) is 5.82 Å². The standard InChI is InChI=1S/C16H15FN4O2S/c1-9-19-20-16(23-9)24-8-15(22)21-5-4-14-12(7-21)11-6-10(17)2-3-13(11)18-14/h2-3,6,18H,4-5,7-8H2,1H3. The number of carbonyl (C=O) groups excluding carboxylic acids is 1. The lowest BCUT2D eigenvalue weighted by molar-refractivity contribution is -0.129. The number of amides is 1. The number of nitrogens with zero attached hydrogens (tertiary/aromatic N) is 3. The van der Waals surface area contributed by atoms with E-state index >= 15 is 0 Å². The van der Waals surface area contributed by atoms with E-state index in [4.69, 9.17) is 4.42 Å². The number of benzene rings is 1. The Morgan fingerprint density at radius 2 is 2.33 bits per heavy atom. The molecule has 0 saturated carbocycles. The molecule has 0 unspecified atom stereocenters. The van der Waals surface area contributed by atoms with Crippen LogP contribution in [0.2, 0.25) is 0 Å². The van der Waals surface area contributed by atoms with Gasteiger partial charge in [-0.2, -0.15) is 0 Å². The number of H-pyrrole nitrogens is 1. The molecule has 0 aliphatic carbocycles. The highest BCUT2D eigenvalue weighted by Gasteiger charge is 2.24. The van der Waals surface area contributed by atoms with E-state index in [0.29, 0.717) is 24.2 Å². The molecule has 0 atom stereocenters. The van der Waals surface area contributed by atoms with Gasteiger partial charge in [-0.3, -0.25) is 4.79 Å². The molecular formula is C16H15FN4O2S. The first kappa shape index (κ1) is 15.2. The zero-order chi connectivity index (χ0) is 16.7. The van der Waals surface area contributed by atoms with Crippen molar-refractivity contribution in [3.63, 3.8) is 0 Å². The number of aromatic amines is 1.